The van der Waals surface area contributed by atoms with Gasteiger partial charge >= 0.3 is 0 Å². The van der Waals surface area contributed by atoms with Gasteiger partial charge < -0.3 is 10.6 Å². The van der Waals surface area contributed by atoms with Gasteiger partial charge in [0.1, 0.15) is 11.6 Å². The van der Waals surface area contributed by atoms with Crippen molar-refractivity contribution in [1.29, 1.82) is 0 Å². The van der Waals surface area contributed by atoms with Crippen LogP contribution in [0.2, 0.25) is 0 Å². The van der Waals surface area contributed by atoms with Crippen LogP contribution in [-0.4, -0.2) is 17.4 Å². The van der Waals surface area contributed by atoms with Gasteiger partial charge in [0.15, 0.2) is 0 Å². The summed E-state index contributed by atoms with van der Waals surface area (Å²) in [6.45, 7) is 2.53. The molecule has 0 radical (unpaired) electrons. The van der Waals surface area contributed by atoms with E-state index in [-0.39, 0.29) is 5.82 Å². The van der Waals surface area contributed by atoms with Crippen LogP contribution in [0, 0.1) is 12.7 Å². The molecule has 0 unspecified atom stereocenters. The first kappa shape index (κ1) is 17.2. The fraction of sp³-hybridized carbons (Fsp3) is 0.182. The van der Waals surface area contributed by atoms with E-state index < -0.39 is 5.91 Å². The number of aromatic nitrogens is 1. The number of hydrogen-bond donors (Lipinski definition) is 1. The normalized spacial score (nSPS) is 12.9. The van der Waals surface area contributed by atoms with E-state index in [1.54, 1.807) is 19.2 Å². The van der Waals surface area contributed by atoms with Crippen LogP contribution in [0.25, 0.3) is 0 Å². The Labute approximate surface area is 157 Å². The minimum absolute atomic E-state index is 0.187. The van der Waals surface area contributed by atoms with Crippen molar-refractivity contribution in [3.05, 3.63) is 88.4 Å². The predicted molar refractivity (Wildman–Crippen MR) is 104 cm³/mol. The van der Waals surface area contributed by atoms with Crippen LogP contribution in [0.15, 0.2) is 54.7 Å². The molecule has 4 rings (SSSR count). The lowest BCUT2D eigenvalue weighted by atomic mass is 10.0. The van der Waals surface area contributed by atoms with Gasteiger partial charge in [-0.2, -0.15) is 0 Å². The highest BCUT2D eigenvalue weighted by Gasteiger charge is 2.25. The second kappa shape index (κ2) is 6.83. The monoisotopic (exact) mass is 361 g/mol. The van der Waals surface area contributed by atoms with E-state index in [9.17, 15) is 9.18 Å². The van der Waals surface area contributed by atoms with Crippen molar-refractivity contribution in [2.45, 2.75) is 19.8 Å². The Balaban J connectivity index is 1.64. The maximum atomic E-state index is 13.5. The molecule has 0 spiro atoms. The number of nitrogens with zero attached hydrogens (tertiary/aromatic N) is 2. The maximum Gasteiger partial charge on any atom is 0.249 e. The standard InChI is InChI=1S/C22H20FN3O/c1-14-11-15(5-6-19(14)23)12-16-7-9-25-21(13-16)26-10-8-17-18(22(24)27)3-2-4-20(17)26/h2-7,9,11,13H,8,10,12H2,1H3,(H2,24,27). The molecular formula is C22H20FN3O. The lowest BCUT2D eigenvalue weighted by Gasteiger charge is -2.19. The molecular weight excluding hydrogens is 341 g/mol. The third-order valence-electron chi connectivity index (χ3n) is 5.01. The zero-order valence-corrected chi connectivity index (χ0v) is 15.1. The molecule has 0 atom stereocenters. The van der Waals surface area contributed by atoms with E-state index in [0.717, 1.165) is 41.2 Å². The number of hydrogen-bond acceptors (Lipinski definition) is 3. The average Bonchev–Trinajstić information content (AvgIpc) is 3.09. The number of halogens is 1. The number of amides is 1. The first-order valence-electron chi connectivity index (χ1n) is 8.92. The number of carbonyl (C=O) groups is 1. The summed E-state index contributed by atoms with van der Waals surface area (Å²) in [4.78, 5) is 18.3. The summed E-state index contributed by atoms with van der Waals surface area (Å²) < 4.78 is 13.5. The number of primary amides is 1. The van der Waals surface area contributed by atoms with Crippen LogP contribution in [-0.2, 0) is 12.8 Å². The van der Waals surface area contributed by atoms with Crippen molar-refractivity contribution in [3.63, 3.8) is 0 Å². The predicted octanol–water partition coefficient (Wildman–Crippen LogP) is 3.91. The first-order valence-corrected chi connectivity index (χ1v) is 8.92. The van der Waals surface area contributed by atoms with E-state index >= 15 is 0 Å². The summed E-state index contributed by atoms with van der Waals surface area (Å²) in [7, 11) is 0. The minimum Gasteiger partial charge on any atom is -0.366 e. The van der Waals surface area contributed by atoms with Crippen LogP contribution in [0.1, 0.15) is 32.6 Å². The number of benzene rings is 2. The quantitative estimate of drug-likeness (QED) is 0.766. The van der Waals surface area contributed by atoms with Gasteiger partial charge in [0.05, 0.1) is 0 Å². The van der Waals surface area contributed by atoms with Crippen molar-refractivity contribution in [2.24, 2.45) is 5.73 Å². The van der Waals surface area contributed by atoms with Gasteiger partial charge in [-0.1, -0.05) is 18.2 Å². The van der Waals surface area contributed by atoms with Crippen LogP contribution in [0.3, 0.4) is 0 Å². The summed E-state index contributed by atoms with van der Waals surface area (Å²) in [5.74, 6) is 0.252. The van der Waals surface area contributed by atoms with Crippen molar-refractivity contribution < 1.29 is 9.18 Å². The zero-order chi connectivity index (χ0) is 19.0. The van der Waals surface area contributed by atoms with Crippen LogP contribution in [0.5, 0.6) is 0 Å². The van der Waals surface area contributed by atoms with E-state index in [4.69, 9.17) is 5.73 Å². The molecule has 0 saturated carbocycles. The fourth-order valence-electron chi connectivity index (χ4n) is 3.67. The Morgan fingerprint density at radius 1 is 1.19 bits per heavy atom. The molecule has 0 aliphatic carbocycles. The lowest BCUT2D eigenvalue weighted by Crippen LogP contribution is -2.15. The number of anilines is 2. The van der Waals surface area contributed by atoms with Gasteiger partial charge in [0.25, 0.3) is 0 Å². The Bertz CT molecular complexity index is 1030. The van der Waals surface area contributed by atoms with Crippen LogP contribution < -0.4 is 10.6 Å². The third-order valence-corrected chi connectivity index (χ3v) is 5.01. The highest BCUT2D eigenvalue weighted by atomic mass is 19.1. The molecule has 2 aromatic carbocycles. The summed E-state index contributed by atoms with van der Waals surface area (Å²) in [5, 5.41) is 0. The SMILES string of the molecule is Cc1cc(Cc2ccnc(N3CCc4c(C(N)=O)cccc43)c2)ccc1F. The summed E-state index contributed by atoms with van der Waals surface area (Å²) >= 11 is 0. The highest BCUT2D eigenvalue weighted by Crippen LogP contribution is 2.35. The molecule has 27 heavy (non-hydrogen) atoms. The van der Waals surface area contributed by atoms with Crippen molar-refractivity contribution in [1.82, 2.24) is 4.98 Å². The Morgan fingerprint density at radius 3 is 2.78 bits per heavy atom. The Hall–Kier alpha value is -3.21. The fourth-order valence-corrected chi connectivity index (χ4v) is 3.67. The van der Waals surface area contributed by atoms with Crippen LogP contribution >= 0.6 is 0 Å². The van der Waals surface area contributed by atoms with Crippen molar-refractivity contribution in [3.8, 4) is 0 Å². The van der Waals surface area contributed by atoms with Crippen molar-refractivity contribution in [2.75, 3.05) is 11.4 Å². The molecule has 3 aromatic rings. The molecule has 1 aromatic heterocycles. The van der Waals surface area contributed by atoms with Gasteiger partial charge in [0, 0.05) is 24.0 Å². The Morgan fingerprint density at radius 2 is 2.00 bits per heavy atom. The number of pyridine rings is 1. The van der Waals surface area contributed by atoms with Gasteiger partial charge in [-0.25, -0.2) is 9.37 Å². The average molecular weight is 361 g/mol. The molecule has 1 aliphatic heterocycles. The van der Waals surface area contributed by atoms with Gasteiger partial charge in [-0.3, -0.25) is 4.79 Å². The van der Waals surface area contributed by atoms with E-state index in [1.807, 2.05) is 36.4 Å². The third kappa shape index (κ3) is 3.28. The molecule has 0 bridgehead atoms. The molecule has 136 valence electrons. The molecule has 2 N–H and O–H groups in total. The molecule has 1 amide bonds. The summed E-state index contributed by atoms with van der Waals surface area (Å²) in [6, 6.07) is 14.8. The molecule has 4 nitrogen and oxygen atoms in total. The summed E-state index contributed by atoms with van der Waals surface area (Å²) in [6.07, 6.45) is 3.26. The Kier molecular flexibility index (Phi) is 4.36. The van der Waals surface area contributed by atoms with Gasteiger partial charge in [-0.15, -0.1) is 0 Å². The molecule has 0 fully saturated rings. The van der Waals surface area contributed by atoms with Crippen molar-refractivity contribution >= 4 is 17.4 Å². The topological polar surface area (TPSA) is 59.2 Å². The van der Waals surface area contributed by atoms with Crippen LogP contribution in [0.4, 0.5) is 15.9 Å². The van der Waals surface area contributed by atoms with E-state index in [1.165, 1.54) is 6.07 Å². The maximum absolute atomic E-state index is 13.5. The minimum atomic E-state index is -0.401. The number of nitrogens with two attached hydrogens (primary N) is 1. The lowest BCUT2D eigenvalue weighted by molar-refractivity contribution is 0.0999. The molecule has 5 heteroatoms. The number of aryl methyl sites for hydroxylation is 1. The molecule has 2 heterocycles. The van der Waals surface area contributed by atoms with E-state index in [2.05, 4.69) is 9.88 Å². The van der Waals surface area contributed by atoms with Gasteiger partial charge in [0.2, 0.25) is 5.91 Å². The number of fused-ring (bicyclic) bond motifs is 1. The smallest absolute Gasteiger partial charge is 0.249 e. The summed E-state index contributed by atoms with van der Waals surface area (Å²) in [5.41, 5.74) is 10.8. The first-order chi connectivity index (χ1) is 13.0. The largest absolute Gasteiger partial charge is 0.366 e. The van der Waals surface area contributed by atoms with E-state index in [0.29, 0.717) is 17.5 Å². The number of carbonyl (C=O) groups excluding carboxylic acids is 1. The second-order valence-corrected chi connectivity index (χ2v) is 6.85. The molecule has 1 aliphatic rings. The zero-order valence-electron chi connectivity index (χ0n) is 15.1. The second-order valence-electron chi connectivity index (χ2n) is 6.85. The van der Waals surface area contributed by atoms with Gasteiger partial charge in [-0.05, 0) is 72.4 Å². The molecule has 0 saturated heterocycles. The number of rotatable bonds is 4. The highest BCUT2D eigenvalue weighted by molar-refractivity contribution is 5.96.